The Bertz CT molecular complexity index is 608. The molecular formula is C14H16ClN3O2. The number of hydrogen-bond donors (Lipinski definition) is 0. The number of hydrogen-bond acceptors (Lipinski definition) is 3. The number of nitrogens with zero attached hydrogens (tertiary/aromatic N) is 3. The second-order valence-corrected chi connectivity index (χ2v) is 5.37. The van der Waals surface area contributed by atoms with E-state index in [2.05, 4.69) is 18.9 Å². The minimum atomic E-state index is -0.469. The minimum Gasteiger partial charge on any atom is -0.258 e. The third-order valence-corrected chi connectivity index (χ3v) is 3.39. The number of nitro groups is 1. The van der Waals surface area contributed by atoms with Gasteiger partial charge in [-0.15, -0.1) is 0 Å². The molecular weight excluding hydrogens is 278 g/mol. The summed E-state index contributed by atoms with van der Waals surface area (Å²) in [5, 5.41) is 15.6. The van der Waals surface area contributed by atoms with Gasteiger partial charge in [-0.25, -0.2) is 4.68 Å². The van der Waals surface area contributed by atoms with Gasteiger partial charge in [0, 0.05) is 12.1 Å². The van der Waals surface area contributed by atoms with Gasteiger partial charge in [-0.2, -0.15) is 5.10 Å². The molecule has 0 radical (unpaired) electrons. The highest BCUT2D eigenvalue weighted by atomic mass is 35.5. The van der Waals surface area contributed by atoms with E-state index in [1.807, 2.05) is 18.2 Å². The van der Waals surface area contributed by atoms with Crippen molar-refractivity contribution < 1.29 is 4.92 Å². The van der Waals surface area contributed by atoms with Crippen LogP contribution >= 0.6 is 11.6 Å². The topological polar surface area (TPSA) is 61.0 Å². The van der Waals surface area contributed by atoms with Crippen LogP contribution in [0.4, 0.5) is 5.69 Å². The first-order chi connectivity index (χ1) is 9.50. The van der Waals surface area contributed by atoms with Gasteiger partial charge in [-0.1, -0.05) is 55.8 Å². The first-order valence-corrected chi connectivity index (χ1v) is 6.84. The van der Waals surface area contributed by atoms with E-state index in [-0.39, 0.29) is 10.8 Å². The van der Waals surface area contributed by atoms with Crippen molar-refractivity contribution in [3.8, 4) is 11.3 Å². The van der Waals surface area contributed by atoms with Crippen LogP contribution < -0.4 is 0 Å². The molecule has 0 bridgehead atoms. The zero-order chi connectivity index (χ0) is 14.7. The first-order valence-electron chi connectivity index (χ1n) is 6.46. The molecule has 0 aliphatic heterocycles. The summed E-state index contributed by atoms with van der Waals surface area (Å²) in [5.74, 6) is 0.481. The first kappa shape index (κ1) is 14.5. The van der Waals surface area contributed by atoms with Gasteiger partial charge in [0.2, 0.25) is 5.15 Å². The smallest absolute Gasteiger partial charge is 0.258 e. The lowest BCUT2D eigenvalue weighted by atomic mass is 10.1. The van der Waals surface area contributed by atoms with Gasteiger partial charge < -0.3 is 0 Å². The van der Waals surface area contributed by atoms with Crippen LogP contribution in [-0.4, -0.2) is 14.7 Å². The van der Waals surface area contributed by atoms with E-state index in [9.17, 15) is 10.1 Å². The summed E-state index contributed by atoms with van der Waals surface area (Å²) in [6.07, 6.45) is 0.868. The van der Waals surface area contributed by atoms with Crippen LogP contribution in [0.2, 0.25) is 5.15 Å². The van der Waals surface area contributed by atoms with Crippen LogP contribution in [0, 0.1) is 16.0 Å². The molecule has 20 heavy (non-hydrogen) atoms. The second-order valence-electron chi connectivity index (χ2n) is 5.02. The summed E-state index contributed by atoms with van der Waals surface area (Å²) in [5.41, 5.74) is 0.898. The van der Waals surface area contributed by atoms with Gasteiger partial charge in [0.05, 0.1) is 4.92 Å². The maximum Gasteiger partial charge on any atom is 0.333 e. The van der Waals surface area contributed by atoms with Crippen LogP contribution in [0.1, 0.15) is 20.3 Å². The molecule has 0 spiro atoms. The number of benzene rings is 1. The molecule has 1 aromatic heterocycles. The summed E-state index contributed by atoms with van der Waals surface area (Å²) in [4.78, 5) is 10.8. The molecule has 1 heterocycles. The predicted molar refractivity (Wildman–Crippen MR) is 78.8 cm³/mol. The standard InChI is InChI=1S/C14H16ClN3O2/c1-10(2)8-9-17-14(15)13(18(19)20)12(16-17)11-6-4-3-5-7-11/h3-7,10H,8-9H2,1-2H3. The molecule has 0 aliphatic carbocycles. The quantitative estimate of drug-likeness (QED) is 0.614. The highest BCUT2D eigenvalue weighted by Gasteiger charge is 2.27. The Labute approximate surface area is 122 Å². The SMILES string of the molecule is CC(C)CCn1nc(-c2ccccc2)c([N+](=O)[O-])c1Cl. The molecule has 0 saturated carbocycles. The summed E-state index contributed by atoms with van der Waals surface area (Å²) in [7, 11) is 0. The average Bonchev–Trinajstić information content (AvgIpc) is 2.74. The molecule has 1 aromatic carbocycles. The van der Waals surface area contributed by atoms with Gasteiger partial charge in [-0.05, 0) is 12.3 Å². The summed E-state index contributed by atoms with van der Waals surface area (Å²) < 4.78 is 1.52. The third kappa shape index (κ3) is 2.99. The average molecular weight is 294 g/mol. The minimum absolute atomic E-state index is 0.0921. The Morgan fingerprint density at radius 2 is 2.00 bits per heavy atom. The number of aryl methyl sites for hydroxylation is 1. The van der Waals surface area contributed by atoms with Crippen molar-refractivity contribution in [2.45, 2.75) is 26.8 Å². The van der Waals surface area contributed by atoms with Gasteiger partial charge in [0.15, 0.2) is 5.69 Å². The van der Waals surface area contributed by atoms with E-state index in [0.717, 1.165) is 6.42 Å². The molecule has 0 fully saturated rings. The molecule has 106 valence electrons. The largest absolute Gasteiger partial charge is 0.333 e. The highest BCUT2D eigenvalue weighted by molar-refractivity contribution is 6.32. The molecule has 0 amide bonds. The van der Waals surface area contributed by atoms with Crippen molar-refractivity contribution in [1.29, 1.82) is 0 Å². The normalized spacial score (nSPS) is 11.0. The molecule has 0 unspecified atom stereocenters. The number of halogens is 1. The maximum atomic E-state index is 11.2. The van der Waals surface area contributed by atoms with Gasteiger partial charge >= 0.3 is 5.69 Å². The third-order valence-electron chi connectivity index (χ3n) is 3.02. The predicted octanol–water partition coefficient (Wildman–Crippen LogP) is 4.16. The molecule has 5 nitrogen and oxygen atoms in total. The van der Waals surface area contributed by atoms with Gasteiger partial charge in [0.1, 0.15) is 0 Å². The molecule has 0 atom stereocenters. The van der Waals surface area contributed by atoms with Crippen LogP contribution in [0.3, 0.4) is 0 Å². The van der Waals surface area contributed by atoms with E-state index in [4.69, 9.17) is 11.6 Å². The van der Waals surface area contributed by atoms with Crippen LogP contribution in [0.15, 0.2) is 30.3 Å². The zero-order valence-electron chi connectivity index (χ0n) is 11.4. The van der Waals surface area contributed by atoms with E-state index in [1.165, 1.54) is 4.68 Å². The van der Waals surface area contributed by atoms with Crippen LogP contribution in [0.25, 0.3) is 11.3 Å². The Hall–Kier alpha value is -1.88. The Morgan fingerprint density at radius 3 is 2.55 bits per heavy atom. The van der Waals surface area contributed by atoms with Crippen molar-refractivity contribution in [2.24, 2.45) is 5.92 Å². The fraction of sp³-hybridized carbons (Fsp3) is 0.357. The highest BCUT2D eigenvalue weighted by Crippen LogP contribution is 2.35. The number of aromatic nitrogens is 2. The van der Waals surface area contributed by atoms with Gasteiger partial charge in [-0.3, -0.25) is 10.1 Å². The van der Waals surface area contributed by atoms with E-state index >= 15 is 0 Å². The fourth-order valence-corrected chi connectivity index (χ4v) is 2.19. The lowest BCUT2D eigenvalue weighted by Crippen LogP contribution is -2.03. The van der Waals surface area contributed by atoms with E-state index < -0.39 is 4.92 Å². The molecule has 2 aromatic rings. The maximum absolute atomic E-state index is 11.2. The van der Waals surface area contributed by atoms with Crippen molar-refractivity contribution >= 4 is 17.3 Å². The van der Waals surface area contributed by atoms with Crippen molar-refractivity contribution in [2.75, 3.05) is 0 Å². The molecule has 0 aliphatic rings. The molecule has 0 saturated heterocycles. The molecule has 2 rings (SSSR count). The summed E-state index contributed by atoms with van der Waals surface area (Å²) >= 11 is 6.12. The summed E-state index contributed by atoms with van der Waals surface area (Å²) in [6, 6.07) is 9.07. The van der Waals surface area contributed by atoms with E-state index in [1.54, 1.807) is 12.1 Å². The van der Waals surface area contributed by atoms with Crippen molar-refractivity contribution in [1.82, 2.24) is 9.78 Å². The molecule has 0 N–H and O–H groups in total. The van der Waals surface area contributed by atoms with Gasteiger partial charge in [0.25, 0.3) is 0 Å². The Morgan fingerprint density at radius 1 is 1.35 bits per heavy atom. The number of rotatable bonds is 5. The van der Waals surface area contributed by atoms with Crippen molar-refractivity contribution in [3.63, 3.8) is 0 Å². The lowest BCUT2D eigenvalue weighted by molar-refractivity contribution is -0.384. The van der Waals surface area contributed by atoms with Crippen LogP contribution in [-0.2, 0) is 6.54 Å². The van der Waals surface area contributed by atoms with Crippen LogP contribution in [0.5, 0.6) is 0 Å². The molecule has 6 heteroatoms. The van der Waals surface area contributed by atoms with Crippen molar-refractivity contribution in [3.05, 3.63) is 45.6 Å². The lowest BCUT2D eigenvalue weighted by Gasteiger charge is -2.04. The Balaban J connectivity index is 2.46. The monoisotopic (exact) mass is 293 g/mol. The summed E-state index contributed by atoms with van der Waals surface area (Å²) in [6.45, 7) is 4.75. The van der Waals surface area contributed by atoms with E-state index in [0.29, 0.717) is 23.7 Å². The Kier molecular flexibility index (Phi) is 4.39. The second kappa shape index (κ2) is 6.05. The zero-order valence-corrected chi connectivity index (χ0v) is 12.2. The fourth-order valence-electron chi connectivity index (χ4n) is 1.91.